The van der Waals surface area contributed by atoms with E-state index < -0.39 is 29.9 Å². The maximum atomic E-state index is 13.7. The zero-order valence-corrected chi connectivity index (χ0v) is 25.9. The summed E-state index contributed by atoms with van der Waals surface area (Å²) < 4.78 is 5.23. The van der Waals surface area contributed by atoms with Crippen LogP contribution < -0.4 is 20.7 Å². The molecular weight excluding hydrogens is 570 g/mol. The number of carbonyl (C=O) groups excluding carboxylic acids is 4. The number of nitrogens with zero attached hydrogens (tertiary/aromatic N) is 2. The molecule has 0 aromatic heterocycles. The molecule has 3 N–H and O–H groups in total. The van der Waals surface area contributed by atoms with E-state index in [1.54, 1.807) is 38.4 Å². The molecule has 0 radical (unpaired) electrons. The molecule has 0 fully saturated rings. The van der Waals surface area contributed by atoms with E-state index in [0.717, 1.165) is 22.4 Å². The zero-order chi connectivity index (χ0) is 32.2. The van der Waals surface area contributed by atoms with Gasteiger partial charge in [0.25, 0.3) is 0 Å². The van der Waals surface area contributed by atoms with Crippen molar-refractivity contribution in [3.8, 4) is 5.75 Å². The highest BCUT2D eigenvalue weighted by Crippen LogP contribution is 2.19. The predicted molar refractivity (Wildman–Crippen MR) is 172 cm³/mol. The van der Waals surface area contributed by atoms with Crippen LogP contribution in [0.1, 0.15) is 23.6 Å². The molecule has 1 aliphatic heterocycles. The fourth-order valence-corrected chi connectivity index (χ4v) is 5.01. The quantitative estimate of drug-likeness (QED) is 0.258. The minimum atomic E-state index is -0.893. The fourth-order valence-electron chi connectivity index (χ4n) is 5.01. The summed E-state index contributed by atoms with van der Waals surface area (Å²) in [7, 11) is 3.28. The summed E-state index contributed by atoms with van der Waals surface area (Å²) in [5.74, 6) is -0.695. The summed E-state index contributed by atoms with van der Waals surface area (Å²) in [6.07, 6.45) is 4.42. The highest BCUT2D eigenvalue weighted by atomic mass is 16.5. The first kappa shape index (κ1) is 32.9. The van der Waals surface area contributed by atoms with E-state index in [-0.39, 0.29) is 24.8 Å². The minimum absolute atomic E-state index is 0.204. The minimum Gasteiger partial charge on any atom is -0.497 e. The van der Waals surface area contributed by atoms with Gasteiger partial charge in [-0.2, -0.15) is 0 Å². The molecule has 236 valence electrons. The Morgan fingerprint density at radius 2 is 1.49 bits per heavy atom. The van der Waals surface area contributed by atoms with Crippen LogP contribution in [0.3, 0.4) is 0 Å². The standard InChI is InChI=1S/C35H41N5O5/c1-25(36-2)33(42)38-30(22-27-10-6-4-7-11-27)34(43)37-24-32(41)40-21-20-39(19-18-26-14-16-29(45-3)17-15-26)35(44)31(40)23-28-12-8-5-9-13-28/h4-17,20-21,25,30-31,36H,18-19,22-24H2,1-3H3,(H,37,43)(H,38,42)/t25-,30-,31-/m0/s1. The number of methoxy groups -OCH3 is 1. The number of likely N-dealkylation sites (N-methyl/N-ethyl adjacent to an activating group) is 1. The van der Waals surface area contributed by atoms with Crippen LogP contribution in [0.25, 0.3) is 0 Å². The topological polar surface area (TPSA) is 120 Å². The molecule has 0 bridgehead atoms. The van der Waals surface area contributed by atoms with Crippen molar-refractivity contribution in [3.63, 3.8) is 0 Å². The lowest BCUT2D eigenvalue weighted by Crippen LogP contribution is -2.56. The highest BCUT2D eigenvalue weighted by molar-refractivity contribution is 5.94. The van der Waals surface area contributed by atoms with Crippen molar-refractivity contribution in [3.05, 3.63) is 114 Å². The van der Waals surface area contributed by atoms with Gasteiger partial charge in [0.2, 0.25) is 23.6 Å². The molecule has 4 rings (SSSR count). The Balaban J connectivity index is 1.46. The van der Waals surface area contributed by atoms with E-state index in [1.165, 1.54) is 4.90 Å². The molecule has 10 heteroatoms. The molecule has 1 aliphatic rings. The van der Waals surface area contributed by atoms with Gasteiger partial charge in [-0.15, -0.1) is 0 Å². The van der Waals surface area contributed by atoms with Crippen molar-refractivity contribution in [2.24, 2.45) is 0 Å². The highest BCUT2D eigenvalue weighted by Gasteiger charge is 2.35. The number of rotatable bonds is 14. The van der Waals surface area contributed by atoms with E-state index in [9.17, 15) is 19.2 Å². The van der Waals surface area contributed by atoms with Crippen molar-refractivity contribution in [1.82, 2.24) is 25.8 Å². The van der Waals surface area contributed by atoms with E-state index in [2.05, 4.69) is 16.0 Å². The second kappa shape index (κ2) is 16.2. The van der Waals surface area contributed by atoms with E-state index in [0.29, 0.717) is 19.4 Å². The fraction of sp³-hybridized carbons (Fsp3) is 0.314. The summed E-state index contributed by atoms with van der Waals surface area (Å²) in [5.41, 5.74) is 2.83. The maximum absolute atomic E-state index is 13.7. The van der Waals surface area contributed by atoms with Gasteiger partial charge in [0.05, 0.1) is 19.7 Å². The third-order valence-corrected chi connectivity index (χ3v) is 7.83. The molecule has 3 aromatic carbocycles. The third kappa shape index (κ3) is 9.26. The maximum Gasteiger partial charge on any atom is 0.250 e. The van der Waals surface area contributed by atoms with Crippen molar-refractivity contribution in [1.29, 1.82) is 0 Å². The van der Waals surface area contributed by atoms with Gasteiger partial charge in [0, 0.05) is 31.8 Å². The van der Waals surface area contributed by atoms with E-state index in [1.807, 2.05) is 84.9 Å². The Bertz CT molecular complexity index is 1460. The Morgan fingerprint density at radius 3 is 2.11 bits per heavy atom. The molecule has 4 amide bonds. The Kier molecular flexibility index (Phi) is 11.9. The van der Waals surface area contributed by atoms with Crippen LogP contribution in [-0.4, -0.2) is 78.8 Å². The lowest BCUT2D eigenvalue weighted by Gasteiger charge is -2.36. The number of ether oxygens (including phenoxy) is 1. The monoisotopic (exact) mass is 611 g/mol. The zero-order valence-electron chi connectivity index (χ0n) is 25.9. The van der Waals surface area contributed by atoms with Crippen molar-refractivity contribution < 1.29 is 23.9 Å². The smallest absolute Gasteiger partial charge is 0.250 e. The van der Waals surface area contributed by atoms with Gasteiger partial charge in [0.15, 0.2) is 0 Å². The summed E-state index contributed by atoms with van der Waals surface area (Å²) in [6.45, 7) is 1.80. The van der Waals surface area contributed by atoms with Crippen LogP contribution >= 0.6 is 0 Å². The number of nitrogens with one attached hydrogen (secondary N) is 3. The average Bonchev–Trinajstić information content (AvgIpc) is 3.07. The summed E-state index contributed by atoms with van der Waals surface area (Å²) in [5, 5.41) is 8.35. The number of hydrogen-bond donors (Lipinski definition) is 3. The molecule has 3 aromatic rings. The number of carbonyl (C=O) groups is 4. The van der Waals surface area contributed by atoms with Gasteiger partial charge < -0.3 is 30.5 Å². The summed E-state index contributed by atoms with van der Waals surface area (Å²) in [6, 6.07) is 24.4. The number of amides is 4. The summed E-state index contributed by atoms with van der Waals surface area (Å²) >= 11 is 0. The molecule has 1 heterocycles. The van der Waals surface area contributed by atoms with Crippen molar-refractivity contribution in [2.45, 2.75) is 44.3 Å². The largest absolute Gasteiger partial charge is 0.497 e. The molecule has 0 saturated heterocycles. The van der Waals surface area contributed by atoms with Crippen LogP contribution in [0.2, 0.25) is 0 Å². The van der Waals surface area contributed by atoms with E-state index in [4.69, 9.17) is 4.74 Å². The molecule has 10 nitrogen and oxygen atoms in total. The van der Waals surface area contributed by atoms with Crippen molar-refractivity contribution in [2.75, 3.05) is 27.2 Å². The molecule has 3 atom stereocenters. The first-order valence-electron chi connectivity index (χ1n) is 15.0. The average molecular weight is 612 g/mol. The van der Waals surface area contributed by atoms with Gasteiger partial charge in [0.1, 0.15) is 17.8 Å². The van der Waals surface area contributed by atoms with Crippen LogP contribution in [0.5, 0.6) is 5.75 Å². The Labute approximate surface area is 264 Å². The molecule has 45 heavy (non-hydrogen) atoms. The SMILES string of the molecule is CN[C@@H](C)C(=O)N[C@@H](Cc1ccccc1)C(=O)NCC(=O)N1C=CN(CCc2ccc(OC)cc2)C(=O)[C@@H]1Cc1ccccc1. The van der Waals surface area contributed by atoms with Gasteiger partial charge in [-0.25, -0.2) is 0 Å². The Hall–Kier alpha value is -4.96. The normalized spacial score (nSPS) is 15.7. The lowest BCUT2D eigenvalue weighted by atomic mass is 10.0. The predicted octanol–water partition coefficient (Wildman–Crippen LogP) is 2.44. The van der Waals surface area contributed by atoms with Gasteiger partial charge in [-0.05, 0) is 49.2 Å². The van der Waals surface area contributed by atoms with Crippen molar-refractivity contribution >= 4 is 23.6 Å². The first-order chi connectivity index (χ1) is 21.8. The number of hydrogen-bond acceptors (Lipinski definition) is 6. The first-order valence-corrected chi connectivity index (χ1v) is 15.0. The molecule has 0 saturated carbocycles. The molecule has 0 aliphatic carbocycles. The van der Waals surface area contributed by atoms with Crippen LogP contribution in [0.15, 0.2) is 97.3 Å². The third-order valence-electron chi connectivity index (χ3n) is 7.83. The van der Waals surface area contributed by atoms with Gasteiger partial charge >= 0.3 is 0 Å². The molecule has 0 spiro atoms. The summed E-state index contributed by atoms with van der Waals surface area (Å²) in [4.78, 5) is 56.3. The van der Waals surface area contributed by atoms with Crippen LogP contribution in [-0.2, 0) is 38.4 Å². The second-order valence-electron chi connectivity index (χ2n) is 10.9. The van der Waals surface area contributed by atoms with Gasteiger partial charge in [-0.3, -0.25) is 19.2 Å². The number of benzene rings is 3. The molecular formula is C35H41N5O5. The molecule has 0 unspecified atom stereocenters. The Morgan fingerprint density at radius 1 is 0.844 bits per heavy atom. The van der Waals surface area contributed by atoms with Crippen LogP contribution in [0.4, 0.5) is 0 Å². The second-order valence-corrected chi connectivity index (χ2v) is 10.9. The lowest BCUT2D eigenvalue weighted by molar-refractivity contribution is -0.143. The van der Waals surface area contributed by atoms with Gasteiger partial charge in [-0.1, -0.05) is 72.8 Å². The van der Waals surface area contributed by atoms with E-state index >= 15 is 0 Å². The van der Waals surface area contributed by atoms with Crippen LogP contribution in [0, 0.1) is 0 Å².